The molecule has 0 aromatic rings. The van der Waals surface area contributed by atoms with E-state index in [2.05, 4.69) is 10.6 Å². The molecular formula is C14H24N2O4S. The predicted octanol–water partition coefficient (Wildman–Crippen LogP) is 1.15. The van der Waals surface area contributed by atoms with E-state index in [1.807, 2.05) is 0 Å². The summed E-state index contributed by atoms with van der Waals surface area (Å²) in [7, 11) is 0. The largest absolute Gasteiger partial charge is 0.480 e. The smallest absolute Gasteiger partial charge is 0.327 e. The molecule has 0 heterocycles. The van der Waals surface area contributed by atoms with Crippen molar-refractivity contribution in [1.82, 2.24) is 10.6 Å². The van der Waals surface area contributed by atoms with Gasteiger partial charge in [-0.3, -0.25) is 9.59 Å². The van der Waals surface area contributed by atoms with E-state index in [1.54, 1.807) is 6.92 Å². The van der Waals surface area contributed by atoms with Gasteiger partial charge in [-0.05, 0) is 19.8 Å². The van der Waals surface area contributed by atoms with Crippen molar-refractivity contribution in [1.29, 1.82) is 0 Å². The van der Waals surface area contributed by atoms with Crippen molar-refractivity contribution in [3.05, 3.63) is 0 Å². The molecule has 3 N–H and O–H groups in total. The second-order valence-corrected chi connectivity index (χ2v) is 6.78. The van der Waals surface area contributed by atoms with Crippen LogP contribution in [0.15, 0.2) is 0 Å². The van der Waals surface area contributed by atoms with Gasteiger partial charge in [-0.25, -0.2) is 4.79 Å². The first kappa shape index (κ1) is 17.8. The number of carbonyl (C=O) groups excluding carboxylic acids is 2. The van der Waals surface area contributed by atoms with Gasteiger partial charge in [0.1, 0.15) is 6.04 Å². The van der Waals surface area contributed by atoms with E-state index in [-0.39, 0.29) is 28.9 Å². The van der Waals surface area contributed by atoms with Crippen molar-refractivity contribution in [2.45, 2.75) is 63.3 Å². The summed E-state index contributed by atoms with van der Waals surface area (Å²) in [5, 5.41) is 14.1. The second-order valence-electron chi connectivity index (χ2n) is 5.41. The average Bonchev–Trinajstić information content (AvgIpc) is 2.43. The van der Waals surface area contributed by atoms with Gasteiger partial charge >= 0.3 is 5.97 Å². The molecule has 1 rings (SSSR count). The maximum atomic E-state index is 12.0. The Morgan fingerprint density at radius 2 is 1.86 bits per heavy atom. The summed E-state index contributed by atoms with van der Waals surface area (Å²) >= 11 is 1.24. The molecule has 120 valence electrons. The number of aliphatic carboxylic acids is 1. The molecule has 0 radical (unpaired) electrons. The first-order chi connectivity index (χ1) is 9.90. The number of carboxylic acid groups (broad SMARTS) is 1. The van der Waals surface area contributed by atoms with Crippen LogP contribution in [0.3, 0.4) is 0 Å². The maximum absolute atomic E-state index is 12.0. The summed E-state index contributed by atoms with van der Waals surface area (Å²) in [6.07, 6.45) is 5.57. The van der Waals surface area contributed by atoms with Gasteiger partial charge in [-0.2, -0.15) is 0 Å². The zero-order chi connectivity index (χ0) is 15.8. The third-order valence-electron chi connectivity index (χ3n) is 3.51. The summed E-state index contributed by atoms with van der Waals surface area (Å²) in [6, 6.07) is -0.711. The van der Waals surface area contributed by atoms with Gasteiger partial charge < -0.3 is 15.7 Å². The molecule has 0 saturated heterocycles. The topological polar surface area (TPSA) is 95.5 Å². The van der Waals surface area contributed by atoms with Gasteiger partial charge in [0.05, 0.1) is 5.25 Å². The van der Waals surface area contributed by atoms with Crippen LogP contribution >= 0.6 is 11.8 Å². The minimum Gasteiger partial charge on any atom is -0.480 e. The SMILES string of the molecule is CC(=O)NC(CSC(C)C(=O)NC1CCCCC1)C(=O)O. The quantitative estimate of drug-likeness (QED) is 0.655. The van der Waals surface area contributed by atoms with Gasteiger partial charge in [0, 0.05) is 18.7 Å². The van der Waals surface area contributed by atoms with Crippen molar-refractivity contribution < 1.29 is 19.5 Å². The number of nitrogens with one attached hydrogen (secondary N) is 2. The lowest BCUT2D eigenvalue weighted by atomic mass is 9.95. The van der Waals surface area contributed by atoms with Crippen LogP contribution in [0, 0.1) is 0 Å². The Morgan fingerprint density at radius 3 is 2.38 bits per heavy atom. The van der Waals surface area contributed by atoms with Crippen molar-refractivity contribution in [2.75, 3.05) is 5.75 Å². The Balaban J connectivity index is 2.36. The van der Waals surface area contributed by atoms with Crippen LogP contribution in [0.2, 0.25) is 0 Å². The van der Waals surface area contributed by atoms with Crippen LogP contribution in [0.25, 0.3) is 0 Å². The molecule has 2 atom stereocenters. The summed E-state index contributed by atoms with van der Waals surface area (Å²) in [6.45, 7) is 3.04. The zero-order valence-corrected chi connectivity index (χ0v) is 13.4. The monoisotopic (exact) mass is 316 g/mol. The molecule has 1 fully saturated rings. The lowest BCUT2D eigenvalue weighted by Gasteiger charge is -2.24. The summed E-state index contributed by atoms with van der Waals surface area (Å²) < 4.78 is 0. The number of thioether (sulfide) groups is 1. The fourth-order valence-electron chi connectivity index (χ4n) is 2.30. The van der Waals surface area contributed by atoms with Crippen LogP contribution in [0.4, 0.5) is 0 Å². The first-order valence-electron chi connectivity index (χ1n) is 7.32. The van der Waals surface area contributed by atoms with Gasteiger partial charge in [-0.1, -0.05) is 19.3 Å². The predicted molar refractivity (Wildman–Crippen MR) is 82.2 cm³/mol. The maximum Gasteiger partial charge on any atom is 0.327 e. The number of carbonyl (C=O) groups is 3. The van der Waals surface area contributed by atoms with Crippen molar-refractivity contribution in [2.24, 2.45) is 0 Å². The molecule has 0 aromatic heterocycles. The highest BCUT2D eigenvalue weighted by molar-refractivity contribution is 8.00. The summed E-state index contributed by atoms with van der Waals surface area (Å²) in [4.78, 5) is 34.0. The lowest BCUT2D eigenvalue weighted by molar-refractivity contribution is -0.140. The number of amides is 2. The highest BCUT2D eigenvalue weighted by Gasteiger charge is 2.23. The van der Waals surface area contributed by atoms with Crippen LogP contribution < -0.4 is 10.6 Å². The molecule has 0 aliphatic heterocycles. The van der Waals surface area contributed by atoms with Crippen molar-refractivity contribution >= 4 is 29.5 Å². The second kappa shape index (κ2) is 8.92. The van der Waals surface area contributed by atoms with E-state index in [9.17, 15) is 14.4 Å². The van der Waals surface area contributed by atoms with Crippen molar-refractivity contribution in [3.63, 3.8) is 0 Å². The van der Waals surface area contributed by atoms with E-state index >= 15 is 0 Å². The number of rotatable bonds is 7. The van der Waals surface area contributed by atoms with E-state index in [0.29, 0.717) is 0 Å². The van der Waals surface area contributed by atoms with Crippen LogP contribution in [-0.2, 0) is 14.4 Å². The Hall–Kier alpha value is -1.24. The lowest BCUT2D eigenvalue weighted by Crippen LogP contribution is -2.43. The fraction of sp³-hybridized carbons (Fsp3) is 0.786. The van der Waals surface area contributed by atoms with Gasteiger partial charge in [0.2, 0.25) is 11.8 Å². The number of hydrogen-bond acceptors (Lipinski definition) is 4. The van der Waals surface area contributed by atoms with Crippen LogP contribution in [0.1, 0.15) is 46.0 Å². The molecular weight excluding hydrogens is 292 g/mol. The summed E-state index contributed by atoms with van der Waals surface area (Å²) in [5.74, 6) is -1.35. The zero-order valence-electron chi connectivity index (χ0n) is 12.6. The third-order valence-corrected chi connectivity index (χ3v) is 4.75. The van der Waals surface area contributed by atoms with Crippen LogP contribution in [0.5, 0.6) is 0 Å². The number of hydrogen-bond donors (Lipinski definition) is 3. The molecule has 1 saturated carbocycles. The molecule has 2 amide bonds. The van der Waals surface area contributed by atoms with E-state index in [1.165, 1.54) is 25.1 Å². The standard InChI is InChI=1S/C14H24N2O4S/c1-9(13(18)16-11-6-4-3-5-7-11)21-8-12(14(19)20)15-10(2)17/h9,11-12H,3-8H2,1-2H3,(H,15,17)(H,16,18)(H,19,20). The number of carboxylic acids is 1. The Kier molecular flexibility index (Phi) is 7.56. The fourth-order valence-corrected chi connectivity index (χ4v) is 3.23. The normalized spacial score (nSPS) is 18.6. The molecule has 0 aromatic carbocycles. The van der Waals surface area contributed by atoms with Crippen molar-refractivity contribution in [3.8, 4) is 0 Å². The molecule has 2 unspecified atom stereocenters. The minimum absolute atomic E-state index is 0.0566. The van der Waals surface area contributed by atoms with Gasteiger partial charge in [-0.15, -0.1) is 11.8 Å². The van der Waals surface area contributed by atoms with E-state index < -0.39 is 12.0 Å². The van der Waals surface area contributed by atoms with E-state index in [0.717, 1.165) is 25.7 Å². The molecule has 1 aliphatic rings. The molecule has 21 heavy (non-hydrogen) atoms. The van der Waals surface area contributed by atoms with Gasteiger partial charge in [0.25, 0.3) is 0 Å². The van der Waals surface area contributed by atoms with Gasteiger partial charge in [0.15, 0.2) is 0 Å². The summed E-state index contributed by atoms with van der Waals surface area (Å²) in [5.41, 5.74) is 0. The molecule has 7 heteroatoms. The Morgan fingerprint density at radius 1 is 1.24 bits per heavy atom. The van der Waals surface area contributed by atoms with E-state index in [4.69, 9.17) is 5.11 Å². The first-order valence-corrected chi connectivity index (χ1v) is 8.37. The Bertz CT molecular complexity index is 383. The molecule has 0 bridgehead atoms. The molecule has 0 spiro atoms. The molecule has 1 aliphatic carbocycles. The molecule has 6 nitrogen and oxygen atoms in total. The minimum atomic E-state index is -1.09. The third kappa shape index (κ3) is 6.84. The van der Waals surface area contributed by atoms with Crippen LogP contribution in [-0.4, -0.2) is 46.0 Å². The highest BCUT2D eigenvalue weighted by Crippen LogP contribution is 2.19. The Labute approximate surface area is 129 Å². The average molecular weight is 316 g/mol. The highest BCUT2D eigenvalue weighted by atomic mass is 32.2.